The van der Waals surface area contributed by atoms with Gasteiger partial charge in [-0.2, -0.15) is 0 Å². The van der Waals surface area contributed by atoms with Crippen LogP contribution in [0.5, 0.6) is 11.5 Å². The van der Waals surface area contributed by atoms with Crippen molar-refractivity contribution in [3.63, 3.8) is 0 Å². The average molecular weight is 353 g/mol. The van der Waals surface area contributed by atoms with Gasteiger partial charge in [0.1, 0.15) is 0 Å². The summed E-state index contributed by atoms with van der Waals surface area (Å²) < 4.78 is 16.2. The maximum atomic E-state index is 12.9. The molecule has 26 heavy (non-hydrogen) atoms. The van der Waals surface area contributed by atoms with Crippen LogP contribution in [0.25, 0.3) is 0 Å². The van der Waals surface area contributed by atoms with Crippen LogP contribution in [0.1, 0.15) is 34.9 Å². The van der Waals surface area contributed by atoms with Crippen molar-refractivity contribution in [3.05, 3.63) is 59.7 Å². The Bertz CT molecular complexity index is 814. The van der Waals surface area contributed by atoms with E-state index in [-0.39, 0.29) is 12.7 Å². The summed E-state index contributed by atoms with van der Waals surface area (Å²) in [5.74, 6) is 0.350. The first-order valence-corrected chi connectivity index (χ1v) is 8.67. The Labute approximate surface area is 151 Å². The Morgan fingerprint density at radius 3 is 2.46 bits per heavy atom. The third-order valence-corrected chi connectivity index (χ3v) is 4.58. The van der Waals surface area contributed by atoms with Crippen LogP contribution in [0.15, 0.2) is 48.5 Å². The lowest BCUT2D eigenvalue weighted by Gasteiger charge is -2.23. The zero-order valence-corrected chi connectivity index (χ0v) is 14.2. The molecule has 6 heteroatoms. The average Bonchev–Trinajstić information content (AvgIpc) is 3.37. The largest absolute Gasteiger partial charge is 0.454 e. The number of carbonyl (C=O) groups is 2. The van der Waals surface area contributed by atoms with Crippen LogP contribution in [0.4, 0.5) is 0 Å². The fourth-order valence-electron chi connectivity index (χ4n) is 3.19. The summed E-state index contributed by atoms with van der Waals surface area (Å²) in [6, 6.07) is 14.0. The number of benzene rings is 2. The van der Waals surface area contributed by atoms with Crippen LogP contribution >= 0.6 is 0 Å². The van der Waals surface area contributed by atoms with Crippen molar-refractivity contribution >= 4 is 11.9 Å². The van der Waals surface area contributed by atoms with Crippen LogP contribution in [0.2, 0.25) is 0 Å². The molecule has 2 heterocycles. The second-order valence-corrected chi connectivity index (χ2v) is 6.30. The van der Waals surface area contributed by atoms with E-state index in [4.69, 9.17) is 14.2 Å². The molecule has 2 aliphatic rings. The van der Waals surface area contributed by atoms with Crippen molar-refractivity contribution in [1.29, 1.82) is 0 Å². The minimum absolute atomic E-state index is 0.133. The van der Waals surface area contributed by atoms with Crippen LogP contribution < -0.4 is 9.47 Å². The Kier molecular flexibility index (Phi) is 4.48. The molecule has 0 radical (unpaired) electrons. The highest BCUT2D eigenvalue weighted by molar-refractivity contribution is 5.93. The summed E-state index contributed by atoms with van der Waals surface area (Å²) in [7, 11) is 0. The van der Waals surface area contributed by atoms with E-state index in [1.807, 2.05) is 18.2 Å². The molecular formula is C20H19NO5. The fourth-order valence-corrected chi connectivity index (χ4v) is 3.19. The van der Waals surface area contributed by atoms with Gasteiger partial charge in [-0.05, 0) is 31.0 Å². The summed E-state index contributed by atoms with van der Waals surface area (Å²) in [5, 5.41) is 0. The molecule has 1 fully saturated rings. The zero-order chi connectivity index (χ0) is 17.9. The standard InChI is InChI=1S/C20H19NO5/c22-19(21-10-4-5-11-21)18(14-6-2-1-3-7-14)26-20(23)15-8-9-16-17(12-15)25-13-24-16/h1-3,6-9,12,18H,4-5,10-11,13H2/t18-/m1/s1. The van der Waals surface area contributed by atoms with Gasteiger partial charge in [-0.1, -0.05) is 30.3 Å². The van der Waals surface area contributed by atoms with Crippen LogP contribution in [0.3, 0.4) is 0 Å². The van der Waals surface area contributed by atoms with Gasteiger partial charge in [-0.25, -0.2) is 4.79 Å². The highest BCUT2D eigenvalue weighted by atomic mass is 16.7. The molecule has 0 aliphatic carbocycles. The van der Waals surface area contributed by atoms with Gasteiger partial charge in [0, 0.05) is 18.7 Å². The van der Waals surface area contributed by atoms with Gasteiger partial charge in [0.15, 0.2) is 11.5 Å². The molecule has 0 aromatic heterocycles. The van der Waals surface area contributed by atoms with Crippen molar-refractivity contribution in [1.82, 2.24) is 4.90 Å². The van der Waals surface area contributed by atoms with E-state index in [9.17, 15) is 9.59 Å². The summed E-state index contributed by atoms with van der Waals surface area (Å²) >= 11 is 0. The number of fused-ring (bicyclic) bond motifs is 1. The molecule has 1 amide bonds. The third kappa shape index (κ3) is 3.22. The summed E-state index contributed by atoms with van der Waals surface area (Å²) in [6.07, 6.45) is 0.999. The molecule has 6 nitrogen and oxygen atoms in total. The highest BCUT2D eigenvalue weighted by Crippen LogP contribution is 2.33. The molecule has 0 spiro atoms. The summed E-state index contributed by atoms with van der Waals surface area (Å²) in [5.41, 5.74) is 0.989. The predicted molar refractivity (Wildman–Crippen MR) is 93.0 cm³/mol. The van der Waals surface area contributed by atoms with E-state index < -0.39 is 12.1 Å². The summed E-state index contributed by atoms with van der Waals surface area (Å²) in [4.78, 5) is 27.3. The van der Waals surface area contributed by atoms with Crippen molar-refractivity contribution in [2.75, 3.05) is 19.9 Å². The van der Waals surface area contributed by atoms with Gasteiger partial charge >= 0.3 is 5.97 Å². The topological polar surface area (TPSA) is 65.1 Å². The number of hydrogen-bond acceptors (Lipinski definition) is 5. The Morgan fingerprint density at radius 1 is 0.962 bits per heavy atom. The number of carbonyl (C=O) groups excluding carboxylic acids is 2. The van der Waals surface area contributed by atoms with Crippen molar-refractivity contribution in [3.8, 4) is 11.5 Å². The van der Waals surface area contributed by atoms with Crippen LogP contribution in [0, 0.1) is 0 Å². The molecule has 0 unspecified atom stereocenters. The Balaban J connectivity index is 1.58. The van der Waals surface area contributed by atoms with Crippen molar-refractivity contribution < 1.29 is 23.8 Å². The van der Waals surface area contributed by atoms with Gasteiger partial charge < -0.3 is 19.1 Å². The molecule has 1 atom stereocenters. The van der Waals surface area contributed by atoms with Crippen LogP contribution in [-0.4, -0.2) is 36.7 Å². The quantitative estimate of drug-likeness (QED) is 0.791. The number of amides is 1. The van der Waals surface area contributed by atoms with E-state index in [2.05, 4.69) is 0 Å². The number of ether oxygens (including phenoxy) is 3. The second-order valence-electron chi connectivity index (χ2n) is 6.30. The SMILES string of the molecule is O=C(O[C@@H](C(=O)N1CCCC1)c1ccccc1)c1ccc2c(c1)OCO2. The first kappa shape index (κ1) is 16.4. The highest BCUT2D eigenvalue weighted by Gasteiger charge is 2.31. The molecule has 2 aromatic carbocycles. The lowest BCUT2D eigenvalue weighted by atomic mass is 10.1. The van der Waals surface area contributed by atoms with E-state index in [1.165, 1.54) is 0 Å². The number of rotatable bonds is 4. The molecule has 4 rings (SSSR count). The maximum Gasteiger partial charge on any atom is 0.339 e. The van der Waals surface area contributed by atoms with Gasteiger partial charge in [-0.3, -0.25) is 4.79 Å². The van der Waals surface area contributed by atoms with Crippen molar-refractivity contribution in [2.24, 2.45) is 0 Å². The number of hydrogen-bond donors (Lipinski definition) is 0. The first-order valence-electron chi connectivity index (χ1n) is 8.67. The fraction of sp³-hybridized carbons (Fsp3) is 0.300. The number of nitrogens with zero attached hydrogens (tertiary/aromatic N) is 1. The van der Waals surface area contributed by atoms with Gasteiger partial charge in [-0.15, -0.1) is 0 Å². The first-order chi connectivity index (χ1) is 12.7. The third-order valence-electron chi connectivity index (χ3n) is 4.58. The lowest BCUT2D eigenvalue weighted by molar-refractivity contribution is -0.140. The van der Waals surface area contributed by atoms with Gasteiger partial charge in [0.25, 0.3) is 5.91 Å². The van der Waals surface area contributed by atoms with Gasteiger partial charge in [0.2, 0.25) is 12.9 Å². The molecule has 134 valence electrons. The molecule has 1 saturated heterocycles. The predicted octanol–water partition coefficient (Wildman–Crippen LogP) is 2.94. The minimum Gasteiger partial charge on any atom is -0.454 e. The minimum atomic E-state index is -0.952. The normalized spacial score (nSPS) is 16.4. The zero-order valence-electron chi connectivity index (χ0n) is 14.2. The Morgan fingerprint density at radius 2 is 1.69 bits per heavy atom. The Hall–Kier alpha value is -3.02. The van der Waals surface area contributed by atoms with E-state index >= 15 is 0 Å². The van der Waals surface area contributed by atoms with E-state index in [1.54, 1.807) is 35.2 Å². The lowest BCUT2D eigenvalue weighted by Crippen LogP contribution is -2.34. The molecule has 2 aliphatic heterocycles. The molecule has 0 bridgehead atoms. The second kappa shape index (κ2) is 7.07. The monoisotopic (exact) mass is 353 g/mol. The number of esters is 1. The molecular weight excluding hydrogens is 334 g/mol. The van der Waals surface area contributed by atoms with Gasteiger partial charge in [0.05, 0.1) is 5.56 Å². The van der Waals surface area contributed by atoms with E-state index in [0.29, 0.717) is 35.7 Å². The molecule has 0 N–H and O–H groups in total. The smallest absolute Gasteiger partial charge is 0.339 e. The van der Waals surface area contributed by atoms with E-state index in [0.717, 1.165) is 12.8 Å². The van der Waals surface area contributed by atoms with Crippen LogP contribution in [-0.2, 0) is 9.53 Å². The number of likely N-dealkylation sites (tertiary alicyclic amines) is 1. The molecule has 0 saturated carbocycles. The molecule has 2 aromatic rings. The van der Waals surface area contributed by atoms with Crippen molar-refractivity contribution in [2.45, 2.75) is 18.9 Å². The maximum absolute atomic E-state index is 12.9. The summed E-state index contributed by atoms with van der Waals surface area (Å²) in [6.45, 7) is 1.53.